The van der Waals surface area contributed by atoms with E-state index < -0.39 is 15.4 Å². The minimum Gasteiger partial charge on any atom is -0.748 e. The van der Waals surface area contributed by atoms with E-state index in [9.17, 15) is 28.0 Å². The largest absolute Gasteiger partial charge is 0.748 e. The third-order valence-corrected chi connectivity index (χ3v) is 13.0. The van der Waals surface area contributed by atoms with Crippen LogP contribution in [0.2, 0.25) is 0 Å². The highest BCUT2D eigenvalue weighted by Gasteiger charge is 2.63. The van der Waals surface area contributed by atoms with Crippen molar-refractivity contribution in [3.8, 4) is 0 Å². The normalized spacial score (nSPS) is 46.8. The van der Waals surface area contributed by atoms with Crippen molar-refractivity contribution in [1.29, 1.82) is 0 Å². The summed E-state index contributed by atoms with van der Waals surface area (Å²) in [6.07, 6.45) is 9.01. The van der Waals surface area contributed by atoms with Crippen LogP contribution in [0.25, 0.3) is 0 Å². The number of aliphatic hydroxyl groups is 2. The van der Waals surface area contributed by atoms with E-state index in [0.29, 0.717) is 41.9 Å². The van der Waals surface area contributed by atoms with Crippen LogP contribution in [-0.2, 0) is 14.9 Å². The maximum Gasteiger partial charge on any atom is 0.222 e. The summed E-state index contributed by atoms with van der Waals surface area (Å²) in [5.74, 6) is 2.89. The zero-order chi connectivity index (χ0) is 25.3. The van der Waals surface area contributed by atoms with Crippen LogP contribution in [-0.4, -0.2) is 64.5 Å². The number of hydrogen-bond donors (Lipinski definition) is 2. The number of aliphatic hydroxyl groups excluding tert-OH is 2. The molecule has 1 saturated heterocycles. The van der Waals surface area contributed by atoms with Crippen molar-refractivity contribution in [2.45, 2.75) is 102 Å². The number of fused-ring (bicyclic) bond motifs is 5. The first-order valence-electron chi connectivity index (χ1n) is 13.9. The highest BCUT2D eigenvalue weighted by molar-refractivity contribution is 7.86. The van der Waals surface area contributed by atoms with Gasteiger partial charge in [0.25, 0.3) is 0 Å². The SMILES string of the molecule is C[C@H](CCC(=O)N1CC(S(=O)(=O)[O-])C1)[C@H]1CC[C@H]2[C@@H]3CC[C@@H]4C[C@H](O)CC[C@]4(C)[C@H]3C[C@H](O)[C@]12C. The van der Waals surface area contributed by atoms with Gasteiger partial charge in [-0.05, 0) is 104 Å². The average molecular weight is 511 g/mol. The smallest absolute Gasteiger partial charge is 0.222 e. The molecule has 2 N–H and O–H groups in total. The Morgan fingerprint density at radius 2 is 1.77 bits per heavy atom. The van der Waals surface area contributed by atoms with Gasteiger partial charge in [0.2, 0.25) is 5.91 Å². The fraction of sp³-hybridized carbons (Fsp3) is 0.963. The number of carbonyl (C=O) groups excluding carboxylic acids is 1. The lowest BCUT2D eigenvalue weighted by Gasteiger charge is -2.62. The van der Waals surface area contributed by atoms with Gasteiger partial charge in [0, 0.05) is 19.5 Å². The number of amides is 1. The molecule has 0 aromatic heterocycles. The van der Waals surface area contributed by atoms with E-state index in [4.69, 9.17) is 0 Å². The summed E-state index contributed by atoms with van der Waals surface area (Å²) in [4.78, 5) is 14.1. The standard InChI is InChI=1S/C27H45NO6S/c1-16(4-9-25(31)28-14-19(15-28)35(32,33)34)21-7-8-22-20-6-5-17-12-18(29)10-11-26(17,2)23(20)13-24(30)27(21,22)3/h16-24,29-30H,4-15H2,1-3H3,(H,32,33,34)/p-1/t16-,17-,18-,20+,21-,22+,23+,24+,26+,27-/m1/s1. The molecule has 8 heteroatoms. The first-order valence-corrected chi connectivity index (χ1v) is 15.4. The molecule has 0 aromatic rings. The van der Waals surface area contributed by atoms with E-state index in [1.807, 2.05) is 0 Å². The summed E-state index contributed by atoms with van der Waals surface area (Å²) < 4.78 is 33.3. The van der Waals surface area contributed by atoms with Crippen LogP contribution < -0.4 is 0 Å². The molecule has 0 unspecified atom stereocenters. The van der Waals surface area contributed by atoms with Gasteiger partial charge in [-0.2, -0.15) is 0 Å². The van der Waals surface area contributed by atoms with E-state index in [2.05, 4.69) is 20.8 Å². The highest BCUT2D eigenvalue weighted by Crippen LogP contribution is 2.68. The van der Waals surface area contributed by atoms with Gasteiger partial charge < -0.3 is 19.7 Å². The van der Waals surface area contributed by atoms with Crippen molar-refractivity contribution in [3.05, 3.63) is 0 Å². The van der Waals surface area contributed by atoms with E-state index in [1.54, 1.807) is 0 Å². The average Bonchev–Trinajstić information content (AvgIpc) is 3.10. The Bertz CT molecular complexity index is 934. The molecule has 5 rings (SSSR count). The molecule has 35 heavy (non-hydrogen) atoms. The Hall–Kier alpha value is -0.700. The number of likely N-dealkylation sites (tertiary alicyclic amines) is 1. The maximum atomic E-state index is 12.6. The number of nitrogens with zero attached hydrogens (tertiary/aromatic N) is 1. The molecule has 4 aliphatic carbocycles. The molecule has 1 aliphatic heterocycles. The second-order valence-corrected chi connectivity index (χ2v) is 15.0. The van der Waals surface area contributed by atoms with Gasteiger partial charge >= 0.3 is 0 Å². The fourth-order valence-corrected chi connectivity index (χ4v) is 10.4. The zero-order valence-corrected chi connectivity index (χ0v) is 22.4. The second kappa shape index (κ2) is 8.95. The minimum atomic E-state index is -4.31. The van der Waals surface area contributed by atoms with Gasteiger partial charge in [-0.3, -0.25) is 4.79 Å². The molecule has 0 bridgehead atoms. The molecule has 0 radical (unpaired) electrons. The first-order chi connectivity index (χ1) is 16.4. The Morgan fingerprint density at radius 1 is 1.06 bits per heavy atom. The second-order valence-electron chi connectivity index (χ2n) is 13.3. The summed E-state index contributed by atoms with van der Waals surface area (Å²) in [6.45, 7) is 7.02. The molecule has 4 saturated carbocycles. The van der Waals surface area contributed by atoms with E-state index in [0.717, 1.165) is 44.9 Å². The molecule has 7 nitrogen and oxygen atoms in total. The van der Waals surface area contributed by atoms with Crippen LogP contribution in [0.1, 0.15) is 85.0 Å². The summed E-state index contributed by atoms with van der Waals surface area (Å²) in [6, 6.07) is 0. The minimum absolute atomic E-state index is 0.0286. The first kappa shape index (κ1) is 25.9. The number of carbonyl (C=O) groups is 1. The quantitative estimate of drug-likeness (QED) is 0.549. The Balaban J connectivity index is 1.23. The lowest BCUT2D eigenvalue weighted by Crippen LogP contribution is -2.59. The van der Waals surface area contributed by atoms with Crippen molar-refractivity contribution >= 4 is 16.0 Å². The van der Waals surface area contributed by atoms with Crippen molar-refractivity contribution in [2.24, 2.45) is 46.3 Å². The number of rotatable bonds is 5. The molecular formula is C27H44NO6S-. The summed E-state index contributed by atoms with van der Waals surface area (Å²) in [7, 11) is -4.31. The van der Waals surface area contributed by atoms with Crippen LogP contribution in [0.15, 0.2) is 0 Å². The molecule has 200 valence electrons. The van der Waals surface area contributed by atoms with Gasteiger partial charge in [-0.1, -0.05) is 20.8 Å². The van der Waals surface area contributed by atoms with E-state index >= 15 is 0 Å². The molecule has 0 aromatic carbocycles. The predicted molar refractivity (Wildman–Crippen MR) is 131 cm³/mol. The lowest BCUT2D eigenvalue weighted by molar-refractivity contribution is -0.175. The molecule has 5 fully saturated rings. The van der Waals surface area contributed by atoms with Gasteiger partial charge in [0.1, 0.15) is 10.1 Å². The highest BCUT2D eigenvalue weighted by atomic mass is 32.2. The molecule has 5 aliphatic rings. The van der Waals surface area contributed by atoms with Gasteiger partial charge in [-0.25, -0.2) is 8.42 Å². The Labute approximate surface area is 210 Å². The van der Waals surface area contributed by atoms with Crippen LogP contribution in [0, 0.1) is 46.3 Å². The lowest BCUT2D eigenvalue weighted by atomic mass is 9.43. The zero-order valence-electron chi connectivity index (χ0n) is 21.6. The summed E-state index contributed by atoms with van der Waals surface area (Å²) in [5.41, 5.74) is 0.104. The maximum absolute atomic E-state index is 12.6. The predicted octanol–water partition coefficient (Wildman–Crippen LogP) is 3.15. The summed E-state index contributed by atoms with van der Waals surface area (Å²) in [5, 5.41) is 21.0. The van der Waals surface area contributed by atoms with Crippen molar-refractivity contribution in [3.63, 3.8) is 0 Å². The van der Waals surface area contributed by atoms with Crippen molar-refractivity contribution in [2.75, 3.05) is 13.1 Å². The topological polar surface area (TPSA) is 118 Å². The van der Waals surface area contributed by atoms with E-state index in [1.165, 1.54) is 17.7 Å². The summed E-state index contributed by atoms with van der Waals surface area (Å²) >= 11 is 0. The monoisotopic (exact) mass is 510 g/mol. The fourth-order valence-electron chi connectivity index (χ4n) is 9.69. The van der Waals surface area contributed by atoms with Crippen LogP contribution >= 0.6 is 0 Å². The third kappa shape index (κ3) is 4.18. The molecule has 10 atom stereocenters. The van der Waals surface area contributed by atoms with Crippen molar-refractivity contribution < 1.29 is 28.0 Å². The Morgan fingerprint density at radius 3 is 2.46 bits per heavy atom. The van der Waals surface area contributed by atoms with Crippen molar-refractivity contribution in [1.82, 2.24) is 4.90 Å². The third-order valence-electron chi connectivity index (χ3n) is 11.9. The van der Waals surface area contributed by atoms with Crippen LogP contribution in [0.4, 0.5) is 0 Å². The van der Waals surface area contributed by atoms with Crippen LogP contribution in [0.3, 0.4) is 0 Å². The molecule has 1 amide bonds. The number of hydrogen-bond acceptors (Lipinski definition) is 6. The van der Waals surface area contributed by atoms with E-state index in [-0.39, 0.29) is 42.0 Å². The Kier molecular flexibility index (Phi) is 6.63. The molecular weight excluding hydrogens is 466 g/mol. The molecule has 0 spiro atoms. The van der Waals surface area contributed by atoms with Crippen LogP contribution in [0.5, 0.6) is 0 Å². The molecule has 1 heterocycles. The van der Waals surface area contributed by atoms with Gasteiger partial charge in [-0.15, -0.1) is 0 Å². The van der Waals surface area contributed by atoms with Gasteiger partial charge in [0.05, 0.1) is 17.5 Å². The van der Waals surface area contributed by atoms with Gasteiger partial charge in [0.15, 0.2) is 0 Å².